The van der Waals surface area contributed by atoms with Gasteiger partial charge in [0.1, 0.15) is 11.2 Å². The Hall–Kier alpha value is -9.18. The van der Waals surface area contributed by atoms with Crippen LogP contribution in [0.25, 0.3) is 105 Å². The van der Waals surface area contributed by atoms with E-state index < -0.39 is 0 Å². The van der Waals surface area contributed by atoms with Crippen molar-refractivity contribution in [1.29, 1.82) is 0 Å². The second-order valence-corrected chi connectivity index (χ2v) is 17.7. The van der Waals surface area contributed by atoms with Gasteiger partial charge in [-0.1, -0.05) is 182 Å². The van der Waals surface area contributed by atoms with Crippen molar-refractivity contribution in [3.8, 4) is 61.3 Å². The van der Waals surface area contributed by atoms with Crippen molar-refractivity contribution in [3.05, 3.63) is 267 Å². The van der Waals surface area contributed by atoms with E-state index in [1.54, 1.807) is 0 Å². The topological polar surface area (TPSA) is 21.3 Å². The Morgan fingerprint density at radius 3 is 1.16 bits per heavy atom. The van der Waals surface area contributed by atoms with E-state index in [1.807, 2.05) is 12.1 Å². The maximum atomic E-state index is 6.14. The van der Waals surface area contributed by atoms with E-state index in [2.05, 4.69) is 264 Å². The van der Waals surface area contributed by atoms with Crippen molar-refractivity contribution >= 4 is 60.8 Å². The molecule has 3 nitrogen and oxygen atoms in total. The van der Waals surface area contributed by atoms with Gasteiger partial charge in [0.15, 0.2) is 0 Å². The molecule has 0 saturated carbocycles. The molecular weight excluding hydrogens is 837 g/mol. The summed E-state index contributed by atoms with van der Waals surface area (Å²) in [6.07, 6.45) is 0. The molecular formula is C66H44N2O. The Balaban J connectivity index is 0.814. The highest BCUT2D eigenvalue weighted by molar-refractivity contribution is 6.10. The molecule has 0 unspecified atom stereocenters. The zero-order valence-corrected chi connectivity index (χ0v) is 37.7. The molecule has 0 bridgehead atoms. The molecule has 11 aromatic carbocycles. The lowest BCUT2D eigenvalue weighted by molar-refractivity contribution is 0.669. The zero-order chi connectivity index (χ0) is 45.7. The van der Waals surface area contributed by atoms with E-state index in [1.165, 1.54) is 72.0 Å². The summed E-state index contributed by atoms with van der Waals surface area (Å²) < 4.78 is 8.51. The molecule has 0 aliphatic heterocycles. The van der Waals surface area contributed by atoms with Gasteiger partial charge in [0.05, 0.1) is 11.0 Å². The van der Waals surface area contributed by atoms with E-state index in [4.69, 9.17) is 4.42 Å². The minimum atomic E-state index is 0.902. The van der Waals surface area contributed by atoms with Crippen molar-refractivity contribution in [3.63, 3.8) is 0 Å². The Labute approximate surface area is 401 Å². The second kappa shape index (κ2) is 16.9. The number of rotatable bonds is 9. The molecule has 0 radical (unpaired) electrons. The van der Waals surface area contributed by atoms with Crippen LogP contribution in [0.15, 0.2) is 271 Å². The number of anilines is 3. The first-order valence-corrected chi connectivity index (χ1v) is 23.6. The highest BCUT2D eigenvalue weighted by Crippen LogP contribution is 2.40. The predicted octanol–water partition coefficient (Wildman–Crippen LogP) is 18.5. The summed E-state index contributed by atoms with van der Waals surface area (Å²) in [6.45, 7) is 0. The zero-order valence-electron chi connectivity index (χ0n) is 37.7. The molecule has 0 aliphatic rings. The van der Waals surface area contributed by atoms with Crippen molar-refractivity contribution in [2.75, 3.05) is 4.90 Å². The predicted molar refractivity (Wildman–Crippen MR) is 290 cm³/mol. The fraction of sp³-hybridized carbons (Fsp3) is 0. The molecule has 0 amide bonds. The molecule has 69 heavy (non-hydrogen) atoms. The lowest BCUT2D eigenvalue weighted by Crippen LogP contribution is -2.09. The molecule has 0 spiro atoms. The first-order valence-electron chi connectivity index (χ1n) is 23.6. The van der Waals surface area contributed by atoms with Crippen LogP contribution in [-0.2, 0) is 0 Å². The molecule has 0 fully saturated rings. The molecule has 2 heterocycles. The molecule has 3 heteroatoms. The summed E-state index contributed by atoms with van der Waals surface area (Å²) in [7, 11) is 0. The third-order valence-corrected chi connectivity index (χ3v) is 13.7. The standard InChI is InChI=1S/C66H44N2O/c1-3-11-45(12-4-1)46-19-21-47(22-20-46)49-27-35-56(36-28-49)67(58-39-31-52(32-40-58)54-34-42-66-62(44-54)60-16-8-10-18-65(60)69-66)57-37-29-50(30-38-57)48-23-25-51(26-24-48)53-33-41-64-61(43-53)59-15-7-9-17-63(59)68(64)55-13-5-2-6-14-55/h1-44H. The van der Waals surface area contributed by atoms with E-state index in [0.717, 1.165) is 50.1 Å². The molecule has 0 atom stereocenters. The molecule has 0 aliphatic carbocycles. The number of furan rings is 1. The minimum Gasteiger partial charge on any atom is -0.456 e. The maximum absolute atomic E-state index is 6.14. The third kappa shape index (κ3) is 7.34. The van der Waals surface area contributed by atoms with Crippen LogP contribution in [0.3, 0.4) is 0 Å². The van der Waals surface area contributed by atoms with Gasteiger partial charge in [-0.05, 0) is 141 Å². The lowest BCUT2D eigenvalue weighted by Gasteiger charge is -2.26. The normalized spacial score (nSPS) is 11.5. The van der Waals surface area contributed by atoms with Gasteiger partial charge in [0.25, 0.3) is 0 Å². The third-order valence-electron chi connectivity index (χ3n) is 13.7. The van der Waals surface area contributed by atoms with E-state index >= 15 is 0 Å². The van der Waals surface area contributed by atoms with E-state index in [0.29, 0.717) is 0 Å². The largest absolute Gasteiger partial charge is 0.456 e. The first kappa shape index (κ1) is 40.1. The van der Waals surface area contributed by atoms with Crippen LogP contribution in [0.4, 0.5) is 17.1 Å². The summed E-state index contributed by atoms with van der Waals surface area (Å²) in [5.41, 5.74) is 20.5. The number of benzene rings is 11. The Morgan fingerprint density at radius 2 is 0.609 bits per heavy atom. The smallest absolute Gasteiger partial charge is 0.135 e. The van der Waals surface area contributed by atoms with Gasteiger partial charge in [-0.15, -0.1) is 0 Å². The lowest BCUT2D eigenvalue weighted by atomic mass is 9.98. The molecule has 13 rings (SSSR count). The van der Waals surface area contributed by atoms with Crippen LogP contribution in [0.1, 0.15) is 0 Å². The Bertz CT molecular complexity index is 3940. The fourth-order valence-electron chi connectivity index (χ4n) is 10.1. The summed E-state index contributed by atoms with van der Waals surface area (Å²) in [5.74, 6) is 0. The van der Waals surface area contributed by atoms with Gasteiger partial charge in [0.2, 0.25) is 0 Å². The molecule has 324 valence electrons. The number of para-hydroxylation sites is 3. The van der Waals surface area contributed by atoms with E-state index in [-0.39, 0.29) is 0 Å². The van der Waals surface area contributed by atoms with Gasteiger partial charge in [0, 0.05) is 44.3 Å². The van der Waals surface area contributed by atoms with Gasteiger partial charge in [-0.3, -0.25) is 0 Å². The van der Waals surface area contributed by atoms with Gasteiger partial charge in [-0.2, -0.15) is 0 Å². The number of nitrogens with zero attached hydrogens (tertiary/aromatic N) is 2. The number of fused-ring (bicyclic) bond motifs is 6. The molecule has 0 N–H and O–H groups in total. The fourth-order valence-corrected chi connectivity index (χ4v) is 10.1. The first-order chi connectivity index (χ1) is 34.2. The van der Waals surface area contributed by atoms with Crippen LogP contribution in [0.5, 0.6) is 0 Å². The SMILES string of the molecule is c1ccc(-c2ccc(-c3ccc(N(c4ccc(-c5ccc(-c6ccc7c(c6)c6ccccc6n7-c6ccccc6)cc5)cc4)c4ccc(-c5ccc6oc7ccccc7c6c5)cc4)cc3)cc2)cc1. The summed E-state index contributed by atoms with van der Waals surface area (Å²) >= 11 is 0. The van der Waals surface area contributed by atoms with Crippen molar-refractivity contribution in [2.45, 2.75) is 0 Å². The van der Waals surface area contributed by atoms with Crippen LogP contribution < -0.4 is 4.90 Å². The average Bonchev–Trinajstić information content (AvgIpc) is 3.97. The number of hydrogen-bond donors (Lipinski definition) is 0. The number of hydrogen-bond acceptors (Lipinski definition) is 2. The Morgan fingerprint density at radius 1 is 0.246 bits per heavy atom. The minimum absolute atomic E-state index is 0.902. The van der Waals surface area contributed by atoms with Crippen LogP contribution in [0.2, 0.25) is 0 Å². The summed E-state index contributed by atoms with van der Waals surface area (Å²) in [4.78, 5) is 2.34. The number of aromatic nitrogens is 1. The van der Waals surface area contributed by atoms with Crippen molar-refractivity contribution in [2.24, 2.45) is 0 Å². The van der Waals surface area contributed by atoms with Crippen LogP contribution in [-0.4, -0.2) is 4.57 Å². The van der Waals surface area contributed by atoms with Gasteiger partial charge >= 0.3 is 0 Å². The molecule has 13 aromatic rings. The molecule has 0 saturated heterocycles. The highest BCUT2D eigenvalue weighted by atomic mass is 16.3. The monoisotopic (exact) mass is 880 g/mol. The maximum Gasteiger partial charge on any atom is 0.135 e. The van der Waals surface area contributed by atoms with E-state index in [9.17, 15) is 0 Å². The summed E-state index contributed by atoms with van der Waals surface area (Å²) in [5, 5.41) is 4.77. The van der Waals surface area contributed by atoms with Gasteiger partial charge in [-0.25, -0.2) is 0 Å². The van der Waals surface area contributed by atoms with Crippen LogP contribution in [0, 0.1) is 0 Å². The van der Waals surface area contributed by atoms with Crippen molar-refractivity contribution in [1.82, 2.24) is 4.57 Å². The molecule has 2 aromatic heterocycles. The second-order valence-electron chi connectivity index (χ2n) is 17.7. The summed E-state index contributed by atoms with van der Waals surface area (Å²) in [6, 6.07) is 96.1. The van der Waals surface area contributed by atoms with Crippen molar-refractivity contribution < 1.29 is 4.42 Å². The quantitative estimate of drug-likeness (QED) is 0.144. The average molecular weight is 881 g/mol. The van der Waals surface area contributed by atoms with Gasteiger partial charge < -0.3 is 13.9 Å². The van der Waals surface area contributed by atoms with Crippen LogP contribution >= 0.6 is 0 Å². The Kier molecular flexibility index (Phi) is 9.84. The highest BCUT2D eigenvalue weighted by Gasteiger charge is 2.17.